The molecule has 1 amide bonds. The molecule has 0 saturated heterocycles. The van der Waals surface area contributed by atoms with Gasteiger partial charge in [0.15, 0.2) is 0 Å². The molecule has 0 rings (SSSR count). The van der Waals surface area contributed by atoms with Crippen molar-refractivity contribution in [2.45, 2.75) is 41.0 Å². The van der Waals surface area contributed by atoms with Crippen molar-refractivity contribution in [2.75, 3.05) is 19.6 Å². The van der Waals surface area contributed by atoms with E-state index in [-0.39, 0.29) is 5.91 Å². The maximum absolute atomic E-state index is 11.4. The predicted molar refractivity (Wildman–Crippen MR) is 69.3 cm³/mol. The number of rotatable bonds is 8. The van der Waals surface area contributed by atoms with Gasteiger partial charge in [-0.15, -0.1) is 0 Å². The van der Waals surface area contributed by atoms with Crippen LogP contribution in [0.25, 0.3) is 0 Å². The Morgan fingerprint density at radius 3 is 2.25 bits per heavy atom. The molecule has 0 aliphatic carbocycles. The number of amides is 1. The van der Waals surface area contributed by atoms with Gasteiger partial charge in [-0.2, -0.15) is 0 Å². The second kappa shape index (κ2) is 8.57. The average Bonchev–Trinajstić information content (AvgIpc) is 2.16. The summed E-state index contributed by atoms with van der Waals surface area (Å²) in [4.78, 5) is 11.4. The van der Waals surface area contributed by atoms with Crippen molar-refractivity contribution >= 4 is 5.91 Å². The molecule has 16 heavy (non-hydrogen) atoms. The van der Waals surface area contributed by atoms with E-state index in [1.54, 1.807) is 0 Å². The number of hydrogen-bond acceptors (Lipinski definition) is 2. The smallest absolute Gasteiger partial charge is 0.233 e. The van der Waals surface area contributed by atoms with Crippen LogP contribution in [0.3, 0.4) is 0 Å². The van der Waals surface area contributed by atoms with Crippen molar-refractivity contribution in [3.8, 4) is 0 Å². The third-order valence-electron chi connectivity index (χ3n) is 2.93. The molecule has 0 fully saturated rings. The molecule has 0 aliphatic rings. The van der Waals surface area contributed by atoms with Gasteiger partial charge in [-0.1, -0.05) is 34.6 Å². The number of hydrogen-bond donors (Lipinski definition) is 2. The Kier molecular flexibility index (Phi) is 8.26. The monoisotopic (exact) mass is 228 g/mol. The molecule has 0 aromatic heterocycles. The van der Waals surface area contributed by atoms with Crippen LogP contribution >= 0.6 is 0 Å². The van der Waals surface area contributed by atoms with Crippen LogP contribution in [0.5, 0.6) is 0 Å². The number of carbonyl (C=O) groups excluding carboxylic acids is 1. The average molecular weight is 228 g/mol. The van der Waals surface area contributed by atoms with Gasteiger partial charge in [0, 0.05) is 6.54 Å². The summed E-state index contributed by atoms with van der Waals surface area (Å²) < 4.78 is 0. The summed E-state index contributed by atoms with van der Waals surface area (Å²) in [5.74, 6) is 2.03. The van der Waals surface area contributed by atoms with Crippen molar-refractivity contribution in [3.05, 3.63) is 0 Å². The Morgan fingerprint density at radius 2 is 1.75 bits per heavy atom. The Hall–Kier alpha value is -0.570. The summed E-state index contributed by atoms with van der Waals surface area (Å²) in [5, 5.41) is 6.11. The molecule has 0 bridgehead atoms. The summed E-state index contributed by atoms with van der Waals surface area (Å²) in [7, 11) is 0. The van der Waals surface area contributed by atoms with E-state index in [0.717, 1.165) is 19.5 Å². The summed E-state index contributed by atoms with van der Waals surface area (Å²) in [6, 6.07) is 0. The van der Waals surface area contributed by atoms with Crippen molar-refractivity contribution in [1.82, 2.24) is 10.6 Å². The first-order valence-corrected chi connectivity index (χ1v) is 6.40. The van der Waals surface area contributed by atoms with E-state index in [4.69, 9.17) is 0 Å². The highest BCUT2D eigenvalue weighted by Crippen LogP contribution is 2.07. The molecule has 0 aliphatic heterocycles. The van der Waals surface area contributed by atoms with Crippen LogP contribution in [0.1, 0.15) is 41.0 Å². The Labute approximate surface area is 100 Å². The molecule has 96 valence electrons. The number of nitrogens with one attached hydrogen (secondary N) is 2. The fourth-order valence-corrected chi connectivity index (χ4v) is 1.21. The zero-order valence-electron chi connectivity index (χ0n) is 11.5. The fraction of sp³-hybridized carbons (Fsp3) is 0.923. The third-order valence-corrected chi connectivity index (χ3v) is 2.93. The molecule has 1 atom stereocenters. The van der Waals surface area contributed by atoms with Gasteiger partial charge in [0.1, 0.15) is 0 Å². The van der Waals surface area contributed by atoms with Gasteiger partial charge in [0.25, 0.3) is 0 Å². The highest BCUT2D eigenvalue weighted by molar-refractivity contribution is 5.77. The van der Waals surface area contributed by atoms with Crippen LogP contribution in [0.2, 0.25) is 0 Å². The van der Waals surface area contributed by atoms with Crippen LogP contribution in [0.4, 0.5) is 0 Å². The first-order chi connectivity index (χ1) is 7.43. The van der Waals surface area contributed by atoms with E-state index in [0.29, 0.717) is 24.3 Å². The van der Waals surface area contributed by atoms with Crippen LogP contribution in [0.15, 0.2) is 0 Å². The van der Waals surface area contributed by atoms with Gasteiger partial charge < -0.3 is 10.6 Å². The predicted octanol–water partition coefficient (Wildman–Crippen LogP) is 2.03. The van der Waals surface area contributed by atoms with Gasteiger partial charge in [-0.05, 0) is 30.7 Å². The lowest BCUT2D eigenvalue weighted by Gasteiger charge is -2.16. The lowest BCUT2D eigenvalue weighted by molar-refractivity contribution is -0.120. The minimum absolute atomic E-state index is 0.108. The third kappa shape index (κ3) is 8.72. The quantitative estimate of drug-likeness (QED) is 0.667. The van der Waals surface area contributed by atoms with Gasteiger partial charge in [0.2, 0.25) is 5.91 Å². The van der Waals surface area contributed by atoms with E-state index >= 15 is 0 Å². The Bertz CT molecular complexity index is 190. The molecule has 0 radical (unpaired) electrons. The second-order valence-electron chi connectivity index (χ2n) is 5.38. The minimum Gasteiger partial charge on any atom is -0.355 e. The summed E-state index contributed by atoms with van der Waals surface area (Å²) >= 11 is 0. The Balaban J connectivity index is 3.44. The molecular weight excluding hydrogens is 200 g/mol. The normalized spacial score (nSPS) is 13.2. The van der Waals surface area contributed by atoms with Crippen LogP contribution < -0.4 is 10.6 Å². The molecule has 0 saturated carbocycles. The summed E-state index contributed by atoms with van der Waals surface area (Å²) in [6.45, 7) is 13.1. The molecule has 3 nitrogen and oxygen atoms in total. The lowest BCUT2D eigenvalue weighted by atomic mass is 9.98. The molecule has 0 spiro atoms. The Morgan fingerprint density at radius 1 is 1.12 bits per heavy atom. The van der Waals surface area contributed by atoms with Crippen LogP contribution in [-0.2, 0) is 4.79 Å². The van der Waals surface area contributed by atoms with Crippen LogP contribution in [0, 0.1) is 17.8 Å². The SMILES string of the molecule is CC(C)CCNC(=O)CNCC(C)C(C)C. The van der Waals surface area contributed by atoms with E-state index in [1.807, 2.05) is 0 Å². The van der Waals surface area contributed by atoms with E-state index in [9.17, 15) is 4.79 Å². The lowest BCUT2D eigenvalue weighted by Crippen LogP contribution is -2.37. The molecule has 0 heterocycles. The fourth-order valence-electron chi connectivity index (χ4n) is 1.21. The highest BCUT2D eigenvalue weighted by Gasteiger charge is 2.07. The topological polar surface area (TPSA) is 41.1 Å². The zero-order chi connectivity index (χ0) is 12.6. The van der Waals surface area contributed by atoms with Gasteiger partial charge in [-0.25, -0.2) is 0 Å². The molecule has 0 aromatic rings. The minimum atomic E-state index is 0.108. The maximum Gasteiger partial charge on any atom is 0.233 e. The molecular formula is C13H28N2O. The molecule has 0 aromatic carbocycles. The second-order valence-corrected chi connectivity index (χ2v) is 5.38. The van der Waals surface area contributed by atoms with Gasteiger partial charge >= 0.3 is 0 Å². The van der Waals surface area contributed by atoms with Crippen molar-refractivity contribution in [3.63, 3.8) is 0 Å². The van der Waals surface area contributed by atoms with E-state index in [2.05, 4.69) is 45.3 Å². The van der Waals surface area contributed by atoms with E-state index < -0.39 is 0 Å². The number of carbonyl (C=O) groups is 1. The van der Waals surface area contributed by atoms with Gasteiger partial charge in [-0.3, -0.25) is 4.79 Å². The van der Waals surface area contributed by atoms with E-state index in [1.165, 1.54) is 0 Å². The van der Waals surface area contributed by atoms with Crippen molar-refractivity contribution in [2.24, 2.45) is 17.8 Å². The molecule has 3 heteroatoms. The van der Waals surface area contributed by atoms with Crippen molar-refractivity contribution in [1.29, 1.82) is 0 Å². The van der Waals surface area contributed by atoms with Crippen LogP contribution in [-0.4, -0.2) is 25.5 Å². The van der Waals surface area contributed by atoms with Gasteiger partial charge in [0.05, 0.1) is 6.54 Å². The summed E-state index contributed by atoms with van der Waals surface area (Å²) in [6.07, 6.45) is 1.05. The summed E-state index contributed by atoms with van der Waals surface area (Å²) in [5.41, 5.74) is 0. The standard InChI is InChI=1S/C13H28N2O/c1-10(2)6-7-15-13(16)9-14-8-12(5)11(3)4/h10-12,14H,6-9H2,1-5H3,(H,15,16). The largest absolute Gasteiger partial charge is 0.355 e. The maximum atomic E-state index is 11.4. The first-order valence-electron chi connectivity index (χ1n) is 6.40. The zero-order valence-corrected chi connectivity index (χ0v) is 11.5. The molecule has 2 N–H and O–H groups in total. The molecule has 1 unspecified atom stereocenters. The van der Waals surface area contributed by atoms with Crippen molar-refractivity contribution < 1.29 is 4.79 Å². The first kappa shape index (κ1) is 15.4. The highest BCUT2D eigenvalue weighted by atomic mass is 16.1.